The second-order valence-corrected chi connectivity index (χ2v) is 2.94. The molecule has 1 aliphatic heterocycles. The van der Waals surface area contributed by atoms with Crippen molar-refractivity contribution in [1.82, 2.24) is 5.32 Å². The van der Waals surface area contributed by atoms with Crippen LogP contribution in [0.2, 0.25) is 0 Å². The SMILES string of the molecule is [CH-]=CC([CH2-])C1CCNCC1.[Y]. The summed E-state index contributed by atoms with van der Waals surface area (Å²) in [6.07, 6.45) is 4.17. The summed E-state index contributed by atoms with van der Waals surface area (Å²) >= 11 is 0. The molecule has 1 rings (SSSR count). The van der Waals surface area contributed by atoms with Crippen molar-refractivity contribution in [2.75, 3.05) is 13.1 Å². The third-order valence-corrected chi connectivity index (χ3v) is 2.24. The zero-order valence-corrected chi connectivity index (χ0v) is 9.76. The van der Waals surface area contributed by atoms with Crippen LogP contribution in [-0.2, 0) is 32.7 Å². The fraction of sp³-hybridized carbons (Fsp3) is 0.667. The van der Waals surface area contributed by atoms with E-state index in [-0.39, 0.29) is 32.7 Å². The van der Waals surface area contributed by atoms with Gasteiger partial charge in [-0.1, -0.05) is 5.92 Å². The Balaban J connectivity index is 0.000001000. The molecule has 0 aromatic heterocycles. The third kappa shape index (κ3) is 3.82. The Labute approximate surface area is 94.9 Å². The maximum Gasteiger partial charge on any atom is 0 e. The van der Waals surface area contributed by atoms with Crippen molar-refractivity contribution in [2.45, 2.75) is 12.8 Å². The van der Waals surface area contributed by atoms with E-state index in [2.05, 4.69) is 12.2 Å². The minimum atomic E-state index is 0. The van der Waals surface area contributed by atoms with Crippen LogP contribution < -0.4 is 5.32 Å². The molecular weight excluding hydrogens is 211 g/mol. The van der Waals surface area contributed by atoms with E-state index in [4.69, 9.17) is 6.58 Å². The molecule has 0 aromatic carbocycles. The fourth-order valence-corrected chi connectivity index (χ4v) is 1.43. The van der Waals surface area contributed by atoms with Gasteiger partial charge < -0.3 is 18.8 Å². The van der Waals surface area contributed by atoms with Crippen molar-refractivity contribution in [3.63, 3.8) is 0 Å². The first-order valence-electron chi connectivity index (χ1n) is 3.93. The average Bonchev–Trinajstić information content (AvgIpc) is 2.05. The van der Waals surface area contributed by atoms with Gasteiger partial charge in [-0.2, -0.15) is 5.92 Å². The van der Waals surface area contributed by atoms with E-state index in [0.717, 1.165) is 13.1 Å². The zero-order chi connectivity index (χ0) is 7.40. The molecule has 1 heterocycles. The van der Waals surface area contributed by atoms with Crippen molar-refractivity contribution < 1.29 is 32.7 Å². The largest absolute Gasteiger partial charge is 0.520 e. The van der Waals surface area contributed by atoms with Gasteiger partial charge >= 0.3 is 0 Å². The van der Waals surface area contributed by atoms with E-state index in [1.165, 1.54) is 12.8 Å². The Bertz CT molecular complexity index is 108. The van der Waals surface area contributed by atoms with Gasteiger partial charge in [-0.25, -0.2) is 0 Å². The van der Waals surface area contributed by atoms with Crippen molar-refractivity contribution in [1.29, 1.82) is 0 Å². The predicted molar refractivity (Wildman–Crippen MR) is 43.3 cm³/mol. The summed E-state index contributed by atoms with van der Waals surface area (Å²) < 4.78 is 0. The molecule has 11 heavy (non-hydrogen) atoms. The predicted octanol–water partition coefficient (Wildman–Crippen LogP) is 1.42. The molecule has 1 aliphatic rings. The Morgan fingerprint density at radius 2 is 2.00 bits per heavy atom. The molecule has 1 N–H and O–H groups in total. The molecule has 2 heteroatoms. The van der Waals surface area contributed by atoms with Crippen LogP contribution in [0.25, 0.3) is 0 Å². The van der Waals surface area contributed by atoms with Crippen LogP contribution in [-0.4, -0.2) is 13.1 Å². The number of allylic oxidation sites excluding steroid dienone is 1. The summed E-state index contributed by atoms with van der Waals surface area (Å²) in [5, 5.41) is 3.31. The van der Waals surface area contributed by atoms with Crippen molar-refractivity contribution >= 4 is 0 Å². The summed E-state index contributed by atoms with van der Waals surface area (Å²) in [4.78, 5) is 0. The van der Waals surface area contributed by atoms with Crippen LogP contribution in [0.3, 0.4) is 0 Å². The Kier molecular flexibility index (Phi) is 6.80. The first-order chi connectivity index (χ1) is 4.84. The molecule has 1 nitrogen and oxygen atoms in total. The van der Waals surface area contributed by atoms with Crippen molar-refractivity contribution in [2.24, 2.45) is 11.8 Å². The Morgan fingerprint density at radius 3 is 2.45 bits per heavy atom. The van der Waals surface area contributed by atoms with Crippen molar-refractivity contribution in [3.8, 4) is 0 Å². The second-order valence-electron chi connectivity index (χ2n) is 2.94. The average molecular weight is 226 g/mol. The summed E-state index contributed by atoms with van der Waals surface area (Å²) in [6, 6.07) is 0. The molecule has 0 bridgehead atoms. The molecule has 1 radical (unpaired) electrons. The van der Waals surface area contributed by atoms with Gasteiger partial charge in [-0.15, -0.1) is 0 Å². The van der Waals surface area contributed by atoms with Gasteiger partial charge in [-0.05, 0) is 25.9 Å². The molecule has 61 valence electrons. The molecule has 1 fully saturated rings. The first-order valence-corrected chi connectivity index (χ1v) is 3.93. The number of hydrogen-bond acceptors (Lipinski definition) is 1. The maximum atomic E-state index is 5.39. The van der Waals surface area contributed by atoms with Gasteiger partial charge in [0, 0.05) is 32.7 Å². The van der Waals surface area contributed by atoms with Gasteiger partial charge in [0.25, 0.3) is 0 Å². The molecule has 0 aliphatic carbocycles. The van der Waals surface area contributed by atoms with Gasteiger partial charge in [0.15, 0.2) is 0 Å². The molecular formula is C9H15NY-2. The zero-order valence-electron chi connectivity index (χ0n) is 6.92. The summed E-state index contributed by atoms with van der Waals surface area (Å²) in [6.45, 7) is 11.6. The first kappa shape index (κ1) is 11.8. The Hall–Kier alpha value is 0.804. The van der Waals surface area contributed by atoms with Gasteiger partial charge in [0.2, 0.25) is 0 Å². The quantitative estimate of drug-likeness (QED) is 0.702. The van der Waals surface area contributed by atoms with Crippen molar-refractivity contribution in [3.05, 3.63) is 19.6 Å². The molecule has 0 amide bonds. The standard InChI is InChI=1S/C9H15N.Y/c1-3-8(2)9-4-6-10-7-5-9;/h1,3,8-10H,2,4-7H2;/q-2;. The van der Waals surface area contributed by atoms with E-state index in [0.29, 0.717) is 11.8 Å². The van der Waals surface area contributed by atoms with E-state index in [9.17, 15) is 0 Å². The maximum absolute atomic E-state index is 5.39. The third-order valence-electron chi connectivity index (χ3n) is 2.24. The smallest absolute Gasteiger partial charge is 0 e. The minimum Gasteiger partial charge on any atom is -0.520 e. The van der Waals surface area contributed by atoms with Crippen LogP contribution in [0.5, 0.6) is 0 Å². The fourth-order valence-electron chi connectivity index (χ4n) is 1.43. The molecule has 0 saturated carbocycles. The van der Waals surface area contributed by atoms with E-state index in [1.54, 1.807) is 6.08 Å². The monoisotopic (exact) mass is 226 g/mol. The van der Waals surface area contributed by atoms with Gasteiger partial charge in [0.1, 0.15) is 0 Å². The molecule has 1 saturated heterocycles. The van der Waals surface area contributed by atoms with E-state index in [1.807, 2.05) is 0 Å². The topological polar surface area (TPSA) is 12.0 Å². The van der Waals surface area contributed by atoms with E-state index >= 15 is 0 Å². The number of nitrogens with one attached hydrogen (secondary N) is 1. The van der Waals surface area contributed by atoms with Gasteiger partial charge in [0.05, 0.1) is 0 Å². The van der Waals surface area contributed by atoms with Crippen LogP contribution >= 0.6 is 0 Å². The van der Waals surface area contributed by atoms with E-state index < -0.39 is 0 Å². The number of rotatable bonds is 2. The summed E-state index contributed by atoms with van der Waals surface area (Å²) in [5.74, 6) is 1.06. The minimum absolute atomic E-state index is 0. The normalized spacial score (nSPS) is 21.9. The summed E-state index contributed by atoms with van der Waals surface area (Å²) in [7, 11) is 0. The van der Waals surface area contributed by atoms with Crippen LogP contribution in [0.4, 0.5) is 0 Å². The molecule has 0 spiro atoms. The summed E-state index contributed by atoms with van der Waals surface area (Å²) in [5.41, 5.74) is 0. The van der Waals surface area contributed by atoms with Crippen LogP contribution in [0, 0.1) is 25.3 Å². The van der Waals surface area contributed by atoms with Crippen LogP contribution in [0.15, 0.2) is 6.08 Å². The number of piperidine rings is 1. The van der Waals surface area contributed by atoms with Gasteiger partial charge in [-0.3, -0.25) is 6.08 Å². The second kappa shape index (κ2) is 6.33. The molecule has 1 atom stereocenters. The molecule has 1 unspecified atom stereocenters. The van der Waals surface area contributed by atoms with Crippen LogP contribution in [0.1, 0.15) is 12.8 Å². The Morgan fingerprint density at radius 1 is 1.45 bits per heavy atom. The number of hydrogen-bond donors (Lipinski definition) is 1. The molecule has 0 aromatic rings.